The van der Waals surface area contributed by atoms with E-state index >= 15 is 0 Å². The maximum absolute atomic E-state index is 12.6. The van der Waals surface area contributed by atoms with E-state index in [2.05, 4.69) is 24.9 Å². The Morgan fingerprint density at radius 3 is 3.00 bits per heavy atom. The topological polar surface area (TPSA) is 47.6 Å². The molecule has 152 valence electrons. The number of benzene rings is 1. The van der Waals surface area contributed by atoms with Gasteiger partial charge in [0.25, 0.3) is 0 Å². The normalized spacial score (nSPS) is 34.5. The minimum absolute atomic E-state index is 0.00680. The molecule has 2 aliphatic carbocycles. The first-order chi connectivity index (χ1) is 13.5. The van der Waals surface area contributed by atoms with E-state index in [1.807, 2.05) is 18.2 Å². The van der Waals surface area contributed by atoms with Gasteiger partial charge in [0, 0.05) is 12.5 Å². The van der Waals surface area contributed by atoms with Crippen molar-refractivity contribution in [1.29, 1.82) is 0 Å². The molecule has 1 heterocycles. The Kier molecular flexibility index (Phi) is 5.50. The van der Waals surface area contributed by atoms with Crippen LogP contribution >= 0.6 is 0 Å². The molecule has 1 aliphatic heterocycles. The summed E-state index contributed by atoms with van der Waals surface area (Å²) in [7, 11) is 1.71. The molecule has 0 spiro atoms. The van der Waals surface area contributed by atoms with E-state index in [4.69, 9.17) is 9.47 Å². The summed E-state index contributed by atoms with van der Waals surface area (Å²) in [6.07, 6.45) is 6.66. The SMILES string of the molecule is C=C1CCC[C@]2(C)C[C@H]3OC(=O)[C@H](CNCCc4ccccc4OC)[C@H]3C[C@H]12. The predicted octanol–water partition coefficient (Wildman–Crippen LogP) is 4.14. The van der Waals surface area contributed by atoms with Crippen molar-refractivity contribution < 1.29 is 14.3 Å². The van der Waals surface area contributed by atoms with Crippen LogP contribution in [0.25, 0.3) is 0 Å². The largest absolute Gasteiger partial charge is 0.496 e. The molecule has 3 fully saturated rings. The van der Waals surface area contributed by atoms with E-state index in [1.54, 1.807) is 7.11 Å². The van der Waals surface area contributed by atoms with E-state index in [-0.39, 0.29) is 23.4 Å². The number of methoxy groups -OCH3 is 1. The summed E-state index contributed by atoms with van der Waals surface area (Å²) >= 11 is 0. The lowest BCUT2D eigenvalue weighted by Crippen LogP contribution is -2.45. The van der Waals surface area contributed by atoms with Gasteiger partial charge >= 0.3 is 5.97 Å². The molecular weight excluding hydrogens is 350 g/mol. The summed E-state index contributed by atoms with van der Waals surface area (Å²) in [6, 6.07) is 8.11. The summed E-state index contributed by atoms with van der Waals surface area (Å²) in [6.45, 7) is 8.28. The minimum Gasteiger partial charge on any atom is -0.496 e. The van der Waals surface area contributed by atoms with Crippen LogP contribution in [0.1, 0.15) is 44.6 Å². The van der Waals surface area contributed by atoms with Gasteiger partial charge in [-0.3, -0.25) is 4.79 Å². The Bertz CT molecular complexity index is 745. The Balaban J connectivity index is 1.35. The Hall–Kier alpha value is -1.81. The van der Waals surface area contributed by atoms with Crippen molar-refractivity contribution in [2.24, 2.45) is 23.2 Å². The van der Waals surface area contributed by atoms with E-state index < -0.39 is 0 Å². The highest BCUT2D eigenvalue weighted by molar-refractivity contribution is 5.75. The molecular formula is C24H33NO3. The number of allylic oxidation sites excluding steroid dienone is 1. The first kappa shape index (κ1) is 19.5. The summed E-state index contributed by atoms with van der Waals surface area (Å²) in [5.41, 5.74) is 2.86. The van der Waals surface area contributed by atoms with Gasteiger partial charge in [-0.25, -0.2) is 0 Å². The number of ether oxygens (including phenoxy) is 2. The molecule has 0 unspecified atom stereocenters. The Morgan fingerprint density at radius 2 is 2.18 bits per heavy atom. The zero-order valence-electron chi connectivity index (χ0n) is 17.2. The van der Waals surface area contributed by atoms with Crippen LogP contribution in [0, 0.1) is 23.2 Å². The van der Waals surface area contributed by atoms with Crippen LogP contribution in [-0.2, 0) is 16.0 Å². The molecule has 1 N–H and O–H groups in total. The molecule has 1 saturated heterocycles. The van der Waals surface area contributed by atoms with Crippen molar-refractivity contribution in [3.8, 4) is 5.75 Å². The number of fused-ring (bicyclic) bond motifs is 2. The van der Waals surface area contributed by atoms with Gasteiger partial charge in [0.1, 0.15) is 11.9 Å². The van der Waals surface area contributed by atoms with Crippen LogP contribution in [0.5, 0.6) is 5.75 Å². The highest BCUT2D eigenvalue weighted by Crippen LogP contribution is 2.56. The van der Waals surface area contributed by atoms with E-state index in [0.29, 0.717) is 18.4 Å². The van der Waals surface area contributed by atoms with Crippen LogP contribution < -0.4 is 10.1 Å². The molecule has 1 aromatic rings. The summed E-state index contributed by atoms with van der Waals surface area (Å²) in [5, 5.41) is 3.50. The number of para-hydroxylation sites is 1. The first-order valence-electron chi connectivity index (χ1n) is 10.7. The summed E-state index contributed by atoms with van der Waals surface area (Å²) in [5.74, 6) is 1.77. The molecule has 5 atom stereocenters. The smallest absolute Gasteiger partial charge is 0.310 e. The number of hydrogen-bond acceptors (Lipinski definition) is 4. The molecule has 0 amide bonds. The molecule has 3 aliphatic rings. The molecule has 28 heavy (non-hydrogen) atoms. The lowest BCUT2D eigenvalue weighted by atomic mass is 9.55. The van der Waals surface area contributed by atoms with Gasteiger partial charge in [-0.15, -0.1) is 0 Å². The van der Waals surface area contributed by atoms with E-state index in [9.17, 15) is 4.79 Å². The molecule has 1 aromatic carbocycles. The van der Waals surface area contributed by atoms with Crippen molar-refractivity contribution in [3.05, 3.63) is 42.0 Å². The van der Waals surface area contributed by atoms with Gasteiger partial charge in [0.05, 0.1) is 13.0 Å². The van der Waals surface area contributed by atoms with Crippen molar-refractivity contribution in [1.82, 2.24) is 5.32 Å². The van der Waals surface area contributed by atoms with Gasteiger partial charge in [-0.1, -0.05) is 37.3 Å². The Morgan fingerprint density at radius 1 is 1.36 bits per heavy atom. The number of hydrogen-bond donors (Lipinski definition) is 1. The fraction of sp³-hybridized carbons (Fsp3) is 0.625. The average Bonchev–Trinajstić information content (AvgIpc) is 2.97. The molecule has 0 radical (unpaired) electrons. The third-order valence-electron chi connectivity index (χ3n) is 7.45. The van der Waals surface area contributed by atoms with Crippen molar-refractivity contribution in [2.45, 2.75) is 51.6 Å². The third kappa shape index (κ3) is 3.59. The summed E-state index contributed by atoms with van der Waals surface area (Å²) < 4.78 is 11.3. The molecule has 4 rings (SSSR count). The molecule has 2 saturated carbocycles. The molecule has 4 nitrogen and oxygen atoms in total. The zero-order valence-corrected chi connectivity index (χ0v) is 17.2. The van der Waals surface area contributed by atoms with Gasteiger partial charge in [0.15, 0.2) is 0 Å². The second kappa shape index (κ2) is 7.90. The van der Waals surface area contributed by atoms with Crippen molar-refractivity contribution in [3.63, 3.8) is 0 Å². The maximum Gasteiger partial charge on any atom is 0.310 e. The lowest BCUT2D eigenvalue weighted by molar-refractivity contribution is -0.146. The fourth-order valence-corrected chi connectivity index (χ4v) is 5.88. The summed E-state index contributed by atoms with van der Waals surface area (Å²) in [4.78, 5) is 12.6. The predicted molar refractivity (Wildman–Crippen MR) is 110 cm³/mol. The highest BCUT2D eigenvalue weighted by atomic mass is 16.6. The van der Waals surface area contributed by atoms with Crippen LogP contribution in [0.2, 0.25) is 0 Å². The molecule has 0 bridgehead atoms. The molecule has 4 heteroatoms. The van der Waals surface area contributed by atoms with Gasteiger partial charge < -0.3 is 14.8 Å². The number of nitrogens with one attached hydrogen (secondary N) is 1. The second-order valence-electron chi connectivity index (χ2n) is 9.17. The van der Waals surface area contributed by atoms with Gasteiger partial charge in [-0.2, -0.15) is 0 Å². The number of esters is 1. The quantitative estimate of drug-likeness (QED) is 0.456. The minimum atomic E-state index is -0.0260. The maximum atomic E-state index is 12.6. The Labute approximate surface area is 168 Å². The third-order valence-corrected chi connectivity index (χ3v) is 7.45. The van der Waals surface area contributed by atoms with Gasteiger partial charge in [0.2, 0.25) is 0 Å². The van der Waals surface area contributed by atoms with Crippen LogP contribution in [0.15, 0.2) is 36.4 Å². The van der Waals surface area contributed by atoms with Crippen molar-refractivity contribution in [2.75, 3.05) is 20.2 Å². The zero-order chi connectivity index (χ0) is 19.7. The van der Waals surface area contributed by atoms with Crippen LogP contribution in [0.3, 0.4) is 0 Å². The van der Waals surface area contributed by atoms with Crippen LogP contribution in [0.4, 0.5) is 0 Å². The lowest BCUT2D eigenvalue weighted by Gasteiger charge is -2.50. The number of carbonyl (C=O) groups excluding carboxylic acids is 1. The van der Waals surface area contributed by atoms with Gasteiger partial charge in [-0.05, 0) is 68.0 Å². The monoisotopic (exact) mass is 383 g/mol. The first-order valence-corrected chi connectivity index (χ1v) is 10.7. The van der Waals surface area contributed by atoms with Crippen molar-refractivity contribution >= 4 is 5.97 Å². The molecule has 0 aromatic heterocycles. The highest BCUT2D eigenvalue weighted by Gasteiger charge is 2.54. The number of rotatable bonds is 6. The average molecular weight is 384 g/mol. The standard InChI is InChI=1S/C24H33NO3/c1-16-7-6-11-24(2)14-22-18(13-20(16)24)19(23(26)28-22)15-25-12-10-17-8-4-5-9-21(17)27-3/h4-5,8-9,18-20,22,25H,1,6-7,10-15H2,2-3H3/t18-,19-,20-,22-,24-/m1/s1. The second-order valence-corrected chi connectivity index (χ2v) is 9.17. The number of carbonyl (C=O) groups is 1. The van der Waals surface area contributed by atoms with E-state index in [1.165, 1.54) is 24.0 Å². The van der Waals surface area contributed by atoms with E-state index in [0.717, 1.165) is 38.0 Å². The fourth-order valence-electron chi connectivity index (χ4n) is 5.88. The van der Waals surface area contributed by atoms with Crippen LogP contribution in [-0.4, -0.2) is 32.3 Å².